The van der Waals surface area contributed by atoms with Crippen LogP contribution in [0.25, 0.3) is 11.4 Å². The van der Waals surface area contributed by atoms with E-state index in [0.717, 1.165) is 24.2 Å². The molecule has 0 radical (unpaired) electrons. The van der Waals surface area contributed by atoms with Gasteiger partial charge in [0.05, 0.1) is 23.5 Å². The summed E-state index contributed by atoms with van der Waals surface area (Å²) < 4.78 is 11.8. The van der Waals surface area contributed by atoms with Gasteiger partial charge in [-0.25, -0.2) is 20.0 Å². The van der Waals surface area contributed by atoms with Gasteiger partial charge in [-0.2, -0.15) is 0 Å². The van der Waals surface area contributed by atoms with Gasteiger partial charge in [0.15, 0.2) is 0 Å². The van der Waals surface area contributed by atoms with Crippen molar-refractivity contribution in [3.8, 4) is 11.4 Å². The number of aromatic nitrogens is 2. The van der Waals surface area contributed by atoms with Crippen molar-refractivity contribution < 1.29 is 9.47 Å². The maximum absolute atomic E-state index is 5.91. The van der Waals surface area contributed by atoms with E-state index in [1.54, 1.807) is 0 Å². The molecular formula is C30H26N4O2. The fourth-order valence-electron chi connectivity index (χ4n) is 4.49. The standard InChI is InChI=1S/C30H26N4O2/c1-3-9-21(10-4-1)17-23-19-35-29(31-23)27-15-7-13-25(33-27)26-14-8-16-28(34-26)30-32-24(20-36-30)18-22-11-5-2-6-12-22/h1-16,23-24H,17-20H2/t23-,24-/m0/s1. The third-order valence-electron chi connectivity index (χ3n) is 6.25. The van der Waals surface area contributed by atoms with E-state index in [-0.39, 0.29) is 12.1 Å². The molecule has 178 valence electrons. The monoisotopic (exact) mass is 474 g/mol. The van der Waals surface area contributed by atoms with Crippen LogP contribution in [0, 0.1) is 0 Å². The molecule has 2 aliphatic heterocycles. The van der Waals surface area contributed by atoms with Gasteiger partial charge in [-0.3, -0.25) is 0 Å². The molecule has 4 aromatic rings. The predicted octanol–water partition coefficient (Wildman–Crippen LogP) is 4.92. The predicted molar refractivity (Wildman–Crippen MR) is 140 cm³/mol. The van der Waals surface area contributed by atoms with Gasteiger partial charge in [0.1, 0.15) is 24.6 Å². The van der Waals surface area contributed by atoms with E-state index in [2.05, 4.69) is 24.3 Å². The number of nitrogens with zero attached hydrogens (tertiary/aromatic N) is 4. The van der Waals surface area contributed by atoms with Gasteiger partial charge in [-0.05, 0) is 48.2 Å². The van der Waals surface area contributed by atoms with Crippen LogP contribution >= 0.6 is 0 Å². The van der Waals surface area contributed by atoms with Crippen LogP contribution in [0.3, 0.4) is 0 Å². The number of ether oxygens (including phenoxy) is 2. The molecule has 0 N–H and O–H groups in total. The van der Waals surface area contributed by atoms with Crippen LogP contribution in [0.5, 0.6) is 0 Å². The van der Waals surface area contributed by atoms with Crippen LogP contribution in [0.1, 0.15) is 22.5 Å². The molecule has 6 heteroatoms. The lowest BCUT2D eigenvalue weighted by atomic mass is 10.1. The Morgan fingerprint density at radius 3 is 1.36 bits per heavy atom. The quantitative estimate of drug-likeness (QED) is 0.381. The number of hydrogen-bond donors (Lipinski definition) is 0. The maximum Gasteiger partial charge on any atom is 0.235 e. The van der Waals surface area contributed by atoms with Gasteiger partial charge in [-0.1, -0.05) is 72.8 Å². The Labute approximate surface area is 210 Å². The van der Waals surface area contributed by atoms with Crippen molar-refractivity contribution in [2.45, 2.75) is 24.9 Å². The minimum Gasteiger partial charge on any atom is -0.474 e. The lowest BCUT2D eigenvalue weighted by Gasteiger charge is -2.06. The average molecular weight is 475 g/mol. The molecule has 6 nitrogen and oxygen atoms in total. The highest BCUT2D eigenvalue weighted by atomic mass is 16.5. The Bertz CT molecular complexity index is 1290. The molecule has 2 aliphatic rings. The minimum atomic E-state index is 0.0932. The van der Waals surface area contributed by atoms with Crippen molar-refractivity contribution in [1.29, 1.82) is 0 Å². The van der Waals surface area contributed by atoms with Gasteiger partial charge in [-0.15, -0.1) is 0 Å². The second-order valence-corrected chi connectivity index (χ2v) is 8.99. The normalized spacial score (nSPS) is 18.8. The summed E-state index contributed by atoms with van der Waals surface area (Å²) in [5, 5.41) is 0. The van der Waals surface area contributed by atoms with Crippen molar-refractivity contribution >= 4 is 11.8 Å². The average Bonchev–Trinajstić information content (AvgIpc) is 3.60. The Morgan fingerprint density at radius 2 is 0.917 bits per heavy atom. The molecule has 36 heavy (non-hydrogen) atoms. The number of benzene rings is 2. The van der Waals surface area contributed by atoms with Crippen LogP contribution in [0.4, 0.5) is 0 Å². The Morgan fingerprint density at radius 1 is 0.500 bits per heavy atom. The second kappa shape index (κ2) is 10.1. The molecule has 0 unspecified atom stereocenters. The summed E-state index contributed by atoms with van der Waals surface area (Å²) in [5.41, 5.74) is 5.45. The molecule has 2 aromatic carbocycles. The van der Waals surface area contributed by atoms with Crippen molar-refractivity contribution in [2.24, 2.45) is 9.98 Å². The second-order valence-electron chi connectivity index (χ2n) is 8.99. The highest BCUT2D eigenvalue weighted by molar-refractivity contribution is 5.94. The van der Waals surface area contributed by atoms with Crippen LogP contribution in [0.2, 0.25) is 0 Å². The van der Waals surface area contributed by atoms with Gasteiger partial charge >= 0.3 is 0 Å². The first kappa shape index (κ1) is 22.2. The summed E-state index contributed by atoms with van der Waals surface area (Å²) in [7, 11) is 0. The van der Waals surface area contributed by atoms with E-state index in [1.165, 1.54) is 11.1 Å². The summed E-state index contributed by atoms with van der Waals surface area (Å²) >= 11 is 0. The number of rotatable bonds is 7. The molecule has 2 aromatic heterocycles. The first-order valence-electron chi connectivity index (χ1n) is 12.2. The van der Waals surface area contributed by atoms with Gasteiger partial charge in [0.2, 0.25) is 11.8 Å². The van der Waals surface area contributed by atoms with Crippen LogP contribution in [0.15, 0.2) is 107 Å². The molecule has 4 heterocycles. The van der Waals surface area contributed by atoms with E-state index in [9.17, 15) is 0 Å². The zero-order valence-corrected chi connectivity index (χ0v) is 19.8. The van der Waals surface area contributed by atoms with Gasteiger partial charge in [0.25, 0.3) is 0 Å². The molecule has 0 aliphatic carbocycles. The summed E-state index contributed by atoms with van der Waals surface area (Å²) in [5.74, 6) is 1.17. The first-order valence-corrected chi connectivity index (χ1v) is 12.2. The third-order valence-corrected chi connectivity index (χ3v) is 6.25. The van der Waals surface area contributed by atoms with Crippen LogP contribution in [-0.2, 0) is 22.3 Å². The third kappa shape index (κ3) is 5.03. The lowest BCUT2D eigenvalue weighted by molar-refractivity contribution is 0.316. The molecule has 2 atom stereocenters. The smallest absolute Gasteiger partial charge is 0.235 e. The van der Waals surface area contributed by atoms with Crippen molar-refractivity contribution in [2.75, 3.05) is 13.2 Å². The molecule has 0 spiro atoms. The maximum atomic E-state index is 5.91. The van der Waals surface area contributed by atoms with Crippen molar-refractivity contribution in [1.82, 2.24) is 9.97 Å². The molecule has 0 bridgehead atoms. The Balaban J connectivity index is 1.18. The number of pyridine rings is 2. The van der Waals surface area contributed by atoms with E-state index in [4.69, 9.17) is 29.4 Å². The van der Waals surface area contributed by atoms with Gasteiger partial charge in [0, 0.05) is 0 Å². The minimum absolute atomic E-state index is 0.0932. The topological polar surface area (TPSA) is 69.0 Å². The number of aliphatic imine (C=N–C) groups is 2. The van der Waals surface area contributed by atoms with Crippen LogP contribution in [-0.4, -0.2) is 47.1 Å². The van der Waals surface area contributed by atoms with Gasteiger partial charge < -0.3 is 9.47 Å². The Kier molecular flexibility index (Phi) is 6.23. The molecule has 6 rings (SSSR count). The zero-order valence-electron chi connectivity index (χ0n) is 19.8. The lowest BCUT2D eigenvalue weighted by Crippen LogP contribution is -2.10. The van der Waals surface area contributed by atoms with E-state index < -0.39 is 0 Å². The number of hydrogen-bond acceptors (Lipinski definition) is 6. The largest absolute Gasteiger partial charge is 0.474 e. The molecular weight excluding hydrogens is 448 g/mol. The first-order chi connectivity index (χ1) is 17.8. The summed E-state index contributed by atoms with van der Waals surface area (Å²) in [4.78, 5) is 19.2. The van der Waals surface area contributed by atoms with E-state index in [0.29, 0.717) is 36.4 Å². The Hall–Kier alpha value is -4.32. The van der Waals surface area contributed by atoms with Crippen molar-refractivity contribution in [3.05, 3.63) is 120 Å². The summed E-state index contributed by atoms with van der Waals surface area (Å²) in [6, 6.07) is 32.6. The summed E-state index contributed by atoms with van der Waals surface area (Å²) in [6.45, 7) is 1.12. The van der Waals surface area contributed by atoms with Crippen LogP contribution < -0.4 is 0 Å². The molecule has 0 saturated heterocycles. The zero-order chi connectivity index (χ0) is 24.2. The fourth-order valence-corrected chi connectivity index (χ4v) is 4.49. The molecule has 0 saturated carbocycles. The van der Waals surface area contributed by atoms with E-state index >= 15 is 0 Å². The molecule has 0 amide bonds. The van der Waals surface area contributed by atoms with E-state index in [1.807, 2.05) is 72.8 Å². The van der Waals surface area contributed by atoms with Crippen molar-refractivity contribution in [3.63, 3.8) is 0 Å². The highest BCUT2D eigenvalue weighted by Crippen LogP contribution is 2.21. The SMILES string of the molecule is c1ccc(C[C@H]2COC(c3cccc(-c4cccc(C5=N[C@@H](Cc6ccccc6)CO5)n4)n3)=N2)cc1. The fraction of sp³-hybridized carbons (Fsp3) is 0.200. The summed E-state index contributed by atoms with van der Waals surface area (Å²) in [6.07, 6.45) is 1.70. The highest BCUT2D eigenvalue weighted by Gasteiger charge is 2.23. The molecule has 0 fully saturated rings.